The number of benzene rings is 2. The number of fused-ring (bicyclic) bond motifs is 1. The van der Waals surface area contributed by atoms with E-state index in [2.05, 4.69) is 46.3 Å². The molecule has 0 aliphatic carbocycles. The number of tetrazole rings is 1. The van der Waals surface area contributed by atoms with E-state index in [-0.39, 0.29) is 11.9 Å². The van der Waals surface area contributed by atoms with Gasteiger partial charge in [-0.25, -0.2) is 0 Å². The zero-order valence-corrected chi connectivity index (χ0v) is 21.3. The molecule has 0 spiro atoms. The summed E-state index contributed by atoms with van der Waals surface area (Å²) in [7, 11) is 1.58. The number of nitrogens with zero attached hydrogens (tertiary/aromatic N) is 3. The highest BCUT2D eigenvalue weighted by Gasteiger charge is 2.27. The minimum Gasteiger partial charge on any atom is -0.496 e. The summed E-state index contributed by atoms with van der Waals surface area (Å²) >= 11 is 0. The van der Waals surface area contributed by atoms with Gasteiger partial charge in [0.2, 0.25) is 5.82 Å². The lowest BCUT2D eigenvalue weighted by Gasteiger charge is -2.27. The van der Waals surface area contributed by atoms with Gasteiger partial charge in [-0.1, -0.05) is 36.8 Å². The van der Waals surface area contributed by atoms with Gasteiger partial charge in [-0.05, 0) is 74.3 Å². The molecular weight excluding hydrogens is 456 g/mol. The number of methoxy groups -OCH3 is 1. The van der Waals surface area contributed by atoms with Gasteiger partial charge in [-0.3, -0.25) is 4.79 Å². The average molecular weight is 491 g/mol. The Balaban J connectivity index is 1.47. The summed E-state index contributed by atoms with van der Waals surface area (Å²) < 4.78 is 18.1. The zero-order valence-electron chi connectivity index (χ0n) is 21.3. The van der Waals surface area contributed by atoms with E-state index in [1.165, 1.54) is 23.6 Å². The van der Waals surface area contributed by atoms with E-state index in [1.807, 2.05) is 6.07 Å². The summed E-state index contributed by atoms with van der Waals surface area (Å²) in [5.41, 5.74) is 5.19. The second kappa shape index (κ2) is 11.8. The fraction of sp³-hybridized carbons (Fsp3) is 0.429. The highest BCUT2D eigenvalue weighted by atomic mass is 16.5. The topological polar surface area (TPSA) is 99.2 Å². The molecule has 190 valence electrons. The molecule has 0 saturated heterocycles. The predicted octanol–water partition coefficient (Wildman–Crippen LogP) is 5.17. The predicted molar refractivity (Wildman–Crippen MR) is 137 cm³/mol. The molecule has 3 aromatic rings. The lowest BCUT2D eigenvalue weighted by Crippen LogP contribution is -2.18. The molecule has 1 aromatic heterocycles. The van der Waals surface area contributed by atoms with Crippen LogP contribution >= 0.6 is 0 Å². The number of carbonyl (C=O) groups is 1. The van der Waals surface area contributed by atoms with Crippen molar-refractivity contribution in [3.8, 4) is 17.2 Å². The standard InChI is InChI=1S/C28H34N4O4/c1-5-8-22-19(11-12-20-13-15-25(36-26(20)22)28-29-31-32-30-28)10-7-17-35-24-16-14-21(18(3)33)27(34-4)23(24)9-6-2/h6,11-12,14,16,25H,2,5,7-10,13,15,17H2,1,3-4H3,(H,29,30,31,32). The van der Waals surface area contributed by atoms with Crippen LogP contribution in [-0.2, 0) is 25.7 Å². The quantitative estimate of drug-likeness (QED) is 0.212. The van der Waals surface area contributed by atoms with E-state index in [1.54, 1.807) is 19.3 Å². The molecule has 2 aromatic carbocycles. The number of aromatic nitrogens is 4. The first-order valence-electron chi connectivity index (χ1n) is 12.5. The smallest absolute Gasteiger partial charge is 0.214 e. The van der Waals surface area contributed by atoms with Crippen molar-refractivity contribution in [2.24, 2.45) is 0 Å². The molecule has 8 heteroatoms. The monoisotopic (exact) mass is 490 g/mol. The second-order valence-electron chi connectivity index (χ2n) is 8.98. The van der Waals surface area contributed by atoms with Crippen molar-refractivity contribution in [1.82, 2.24) is 20.6 Å². The minimum atomic E-state index is -0.179. The molecule has 1 aliphatic heterocycles. The van der Waals surface area contributed by atoms with Gasteiger partial charge in [0.25, 0.3) is 0 Å². The number of hydrogen-bond donors (Lipinski definition) is 1. The van der Waals surface area contributed by atoms with Crippen molar-refractivity contribution in [3.05, 3.63) is 70.6 Å². The highest BCUT2D eigenvalue weighted by Crippen LogP contribution is 2.39. The Morgan fingerprint density at radius 1 is 1.25 bits per heavy atom. The fourth-order valence-electron chi connectivity index (χ4n) is 4.83. The van der Waals surface area contributed by atoms with Crippen LogP contribution < -0.4 is 14.2 Å². The van der Waals surface area contributed by atoms with Gasteiger partial charge in [0, 0.05) is 5.56 Å². The molecule has 1 N–H and O–H groups in total. The number of ether oxygens (including phenoxy) is 3. The molecule has 4 rings (SSSR count). The molecule has 36 heavy (non-hydrogen) atoms. The number of aromatic amines is 1. The normalized spacial score (nSPS) is 14.6. The van der Waals surface area contributed by atoms with Crippen molar-refractivity contribution in [1.29, 1.82) is 0 Å². The molecule has 2 heterocycles. The van der Waals surface area contributed by atoms with Crippen molar-refractivity contribution in [2.75, 3.05) is 13.7 Å². The Kier molecular flexibility index (Phi) is 8.36. The molecule has 0 fully saturated rings. The van der Waals surface area contributed by atoms with Crippen LogP contribution in [0.4, 0.5) is 0 Å². The van der Waals surface area contributed by atoms with Crippen LogP contribution in [0.3, 0.4) is 0 Å². The summed E-state index contributed by atoms with van der Waals surface area (Å²) in [6.07, 6.45) is 7.64. The van der Waals surface area contributed by atoms with Gasteiger partial charge < -0.3 is 14.2 Å². The maximum absolute atomic E-state index is 12.0. The first kappa shape index (κ1) is 25.4. The van der Waals surface area contributed by atoms with Crippen molar-refractivity contribution in [3.63, 3.8) is 0 Å². The minimum absolute atomic E-state index is 0.0386. The maximum atomic E-state index is 12.0. The van der Waals surface area contributed by atoms with Crippen molar-refractivity contribution < 1.29 is 19.0 Å². The first-order chi connectivity index (χ1) is 17.6. The highest BCUT2D eigenvalue weighted by molar-refractivity contribution is 5.97. The number of Topliss-reactive ketones (excluding diaryl/α,β-unsaturated/α-hetero) is 1. The van der Waals surface area contributed by atoms with Crippen LogP contribution in [0.25, 0.3) is 0 Å². The lowest BCUT2D eigenvalue weighted by atomic mass is 9.91. The molecule has 0 bridgehead atoms. The third-order valence-corrected chi connectivity index (χ3v) is 6.52. The van der Waals surface area contributed by atoms with E-state index in [9.17, 15) is 4.79 Å². The molecule has 1 unspecified atom stereocenters. The number of aryl methyl sites for hydroxylation is 2. The Bertz CT molecular complexity index is 1210. The van der Waals surface area contributed by atoms with Gasteiger partial charge in [0.15, 0.2) is 11.9 Å². The maximum Gasteiger partial charge on any atom is 0.214 e. The summed E-state index contributed by atoms with van der Waals surface area (Å²) in [6.45, 7) is 8.11. The molecule has 1 aliphatic rings. The van der Waals surface area contributed by atoms with E-state index in [4.69, 9.17) is 14.2 Å². The third-order valence-electron chi connectivity index (χ3n) is 6.52. The number of carbonyl (C=O) groups excluding carboxylic acids is 1. The summed E-state index contributed by atoms with van der Waals surface area (Å²) in [5.74, 6) is 2.83. The van der Waals surface area contributed by atoms with E-state index in [0.717, 1.165) is 55.6 Å². The number of allylic oxidation sites excluding steroid dienone is 1. The van der Waals surface area contributed by atoms with Crippen LogP contribution in [0.15, 0.2) is 36.9 Å². The Morgan fingerprint density at radius 3 is 2.81 bits per heavy atom. The van der Waals surface area contributed by atoms with Crippen molar-refractivity contribution >= 4 is 5.78 Å². The van der Waals surface area contributed by atoms with E-state index >= 15 is 0 Å². The summed E-state index contributed by atoms with van der Waals surface area (Å²) in [5, 5.41) is 14.5. The average Bonchev–Trinajstić information content (AvgIpc) is 3.43. The van der Waals surface area contributed by atoms with Gasteiger partial charge >= 0.3 is 0 Å². The lowest BCUT2D eigenvalue weighted by molar-refractivity contribution is 0.101. The second-order valence-corrected chi connectivity index (χ2v) is 8.98. The molecule has 8 nitrogen and oxygen atoms in total. The molecule has 0 amide bonds. The Labute approximate surface area is 212 Å². The number of nitrogens with one attached hydrogen (secondary N) is 1. The van der Waals surface area contributed by atoms with Crippen LogP contribution in [0, 0.1) is 0 Å². The SMILES string of the molecule is C=CCc1c(OCCCc2ccc3c(c2CCC)OC(c2nn[nH]n2)CC3)ccc(C(C)=O)c1OC. The van der Waals surface area contributed by atoms with E-state index < -0.39 is 0 Å². The van der Waals surface area contributed by atoms with Crippen LogP contribution in [0.5, 0.6) is 17.2 Å². The van der Waals surface area contributed by atoms with Gasteiger partial charge in [0.1, 0.15) is 17.2 Å². The number of hydrogen-bond acceptors (Lipinski definition) is 7. The Hall–Kier alpha value is -3.68. The van der Waals surface area contributed by atoms with Gasteiger partial charge in [-0.15, -0.1) is 16.8 Å². The van der Waals surface area contributed by atoms with E-state index in [0.29, 0.717) is 30.2 Å². The zero-order chi connectivity index (χ0) is 25.5. The molecule has 1 atom stereocenters. The molecule has 0 saturated carbocycles. The van der Waals surface area contributed by atoms with Gasteiger partial charge in [0.05, 0.1) is 19.3 Å². The van der Waals surface area contributed by atoms with Gasteiger partial charge in [-0.2, -0.15) is 5.21 Å². The van der Waals surface area contributed by atoms with Crippen LogP contribution in [-0.4, -0.2) is 40.1 Å². The molecular formula is C28H34N4O4. The Morgan fingerprint density at radius 2 is 2.11 bits per heavy atom. The first-order valence-corrected chi connectivity index (χ1v) is 12.5. The number of rotatable bonds is 12. The van der Waals surface area contributed by atoms with Crippen LogP contribution in [0.1, 0.15) is 77.7 Å². The number of H-pyrrole nitrogens is 1. The summed E-state index contributed by atoms with van der Waals surface area (Å²) in [6, 6.07) is 8.04. The number of ketones is 1. The third kappa shape index (κ3) is 5.42. The van der Waals surface area contributed by atoms with Crippen LogP contribution in [0.2, 0.25) is 0 Å². The largest absolute Gasteiger partial charge is 0.496 e. The van der Waals surface area contributed by atoms with Crippen molar-refractivity contribution in [2.45, 2.75) is 64.9 Å². The molecule has 0 radical (unpaired) electrons. The fourth-order valence-corrected chi connectivity index (χ4v) is 4.83. The summed E-state index contributed by atoms with van der Waals surface area (Å²) in [4.78, 5) is 12.0.